The van der Waals surface area contributed by atoms with E-state index < -0.39 is 0 Å². The van der Waals surface area contributed by atoms with Crippen molar-refractivity contribution in [2.75, 3.05) is 26.9 Å². The van der Waals surface area contributed by atoms with Gasteiger partial charge in [-0.1, -0.05) is 38.1 Å². The molecule has 1 aromatic heterocycles. The van der Waals surface area contributed by atoms with E-state index in [0.717, 1.165) is 0 Å². The van der Waals surface area contributed by atoms with Crippen molar-refractivity contribution in [1.29, 1.82) is 0 Å². The Labute approximate surface area is 153 Å². The fraction of sp³-hybridized carbons (Fsp3) is 0.526. The van der Waals surface area contributed by atoms with Crippen LogP contribution in [0.2, 0.25) is 0 Å². The highest BCUT2D eigenvalue weighted by atomic mass is 16.5. The number of benzene rings is 1. The third-order valence-electron chi connectivity index (χ3n) is 4.44. The SMILES string of the molecule is COCc1nc(C2COCCN2C(=O)c2ccc(C(C)(C)C)cc2)no1. The molecule has 2 heterocycles. The summed E-state index contributed by atoms with van der Waals surface area (Å²) >= 11 is 0. The first-order chi connectivity index (χ1) is 12.4. The van der Waals surface area contributed by atoms with E-state index in [1.807, 2.05) is 24.3 Å². The van der Waals surface area contributed by atoms with Gasteiger partial charge in [0.25, 0.3) is 11.8 Å². The molecule has 1 aliphatic heterocycles. The first-order valence-corrected chi connectivity index (χ1v) is 8.71. The molecule has 0 bridgehead atoms. The molecule has 7 heteroatoms. The van der Waals surface area contributed by atoms with Gasteiger partial charge >= 0.3 is 0 Å². The lowest BCUT2D eigenvalue weighted by molar-refractivity contribution is -0.00577. The normalized spacial score (nSPS) is 18.2. The maximum Gasteiger partial charge on any atom is 0.254 e. The minimum atomic E-state index is -0.368. The molecule has 0 saturated carbocycles. The number of carbonyl (C=O) groups excluding carboxylic acids is 1. The minimum absolute atomic E-state index is 0.0471. The second-order valence-electron chi connectivity index (χ2n) is 7.40. The van der Waals surface area contributed by atoms with Crippen LogP contribution in [0.15, 0.2) is 28.8 Å². The van der Waals surface area contributed by atoms with Crippen molar-refractivity contribution in [2.24, 2.45) is 0 Å². The molecule has 1 saturated heterocycles. The van der Waals surface area contributed by atoms with Gasteiger partial charge in [-0.25, -0.2) is 0 Å². The first kappa shape index (κ1) is 18.5. The summed E-state index contributed by atoms with van der Waals surface area (Å²) < 4.78 is 15.7. The molecule has 26 heavy (non-hydrogen) atoms. The highest BCUT2D eigenvalue weighted by Crippen LogP contribution is 2.26. The molecule has 1 aromatic carbocycles. The molecule has 1 fully saturated rings. The second kappa shape index (κ2) is 7.55. The van der Waals surface area contributed by atoms with Gasteiger partial charge in [-0.05, 0) is 23.1 Å². The van der Waals surface area contributed by atoms with Gasteiger partial charge < -0.3 is 18.9 Å². The van der Waals surface area contributed by atoms with Crippen LogP contribution in [0.5, 0.6) is 0 Å². The summed E-state index contributed by atoms with van der Waals surface area (Å²) in [6, 6.07) is 7.40. The molecular formula is C19H25N3O4. The third kappa shape index (κ3) is 3.94. The summed E-state index contributed by atoms with van der Waals surface area (Å²) in [6.45, 7) is 8.01. The largest absolute Gasteiger partial charge is 0.377 e. The van der Waals surface area contributed by atoms with Crippen molar-refractivity contribution in [1.82, 2.24) is 15.0 Å². The molecule has 1 atom stereocenters. The van der Waals surface area contributed by atoms with Gasteiger partial charge in [-0.2, -0.15) is 4.98 Å². The van der Waals surface area contributed by atoms with Gasteiger partial charge in [0.05, 0.1) is 13.2 Å². The predicted octanol–water partition coefficient (Wildman–Crippen LogP) is 2.73. The average molecular weight is 359 g/mol. The molecule has 0 spiro atoms. The quantitative estimate of drug-likeness (QED) is 0.835. The number of hydrogen-bond acceptors (Lipinski definition) is 6. The molecular weight excluding hydrogens is 334 g/mol. The first-order valence-electron chi connectivity index (χ1n) is 8.71. The van der Waals surface area contributed by atoms with Crippen LogP contribution < -0.4 is 0 Å². The van der Waals surface area contributed by atoms with Crippen molar-refractivity contribution in [3.05, 3.63) is 47.1 Å². The van der Waals surface area contributed by atoms with Crippen molar-refractivity contribution in [3.63, 3.8) is 0 Å². The van der Waals surface area contributed by atoms with E-state index in [2.05, 4.69) is 30.9 Å². The summed E-state index contributed by atoms with van der Waals surface area (Å²) in [6.07, 6.45) is 0. The van der Waals surface area contributed by atoms with E-state index in [-0.39, 0.29) is 24.0 Å². The Bertz CT molecular complexity index is 749. The maximum atomic E-state index is 13.0. The van der Waals surface area contributed by atoms with Crippen LogP contribution in [0.25, 0.3) is 0 Å². The number of morpholine rings is 1. The van der Waals surface area contributed by atoms with Crippen molar-refractivity contribution >= 4 is 5.91 Å². The van der Waals surface area contributed by atoms with Crippen LogP contribution in [0, 0.1) is 0 Å². The summed E-state index contributed by atoms with van der Waals surface area (Å²) in [5.41, 5.74) is 1.88. The zero-order valence-corrected chi connectivity index (χ0v) is 15.7. The summed E-state index contributed by atoms with van der Waals surface area (Å²) in [4.78, 5) is 19.1. The van der Waals surface area contributed by atoms with Crippen molar-refractivity contribution in [2.45, 2.75) is 38.8 Å². The minimum Gasteiger partial charge on any atom is -0.377 e. The van der Waals surface area contributed by atoms with Crippen molar-refractivity contribution in [3.8, 4) is 0 Å². The number of ether oxygens (including phenoxy) is 2. The monoisotopic (exact) mass is 359 g/mol. The number of methoxy groups -OCH3 is 1. The topological polar surface area (TPSA) is 77.7 Å². The van der Waals surface area contributed by atoms with Gasteiger partial charge in [0, 0.05) is 19.2 Å². The Morgan fingerprint density at radius 1 is 1.31 bits per heavy atom. The Kier molecular flexibility index (Phi) is 5.38. The fourth-order valence-electron chi connectivity index (χ4n) is 2.92. The molecule has 0 N–H and O–H groups in total. The highest BCUT2D eigenvalue weighted by molar-refractivity contribution is 5.94. The molecule has 1 amide bonds. The molecule has 7 nitrogen and oxygen atoms in total. The molecule has 2 aromatic rings. The van der Waals surface area contributed by atoms with Crippen LogP contribution in [0.1, 0.15) is 54.4 Å². The van der Waals surface area contributed by atoms with Crippen LogP contribution in [-0.2, 0) is 21.5 Å². The standard InChI is InChI=1S/C19H25N3O4/c1-19(2,3)14-7-5-13(6-8-14)18(23)22-9-10-25-11-15(22)17-20-16(12-24-4)26-21-17/h5-8,15H,9-12H2,1-4H3. The van der Waals surface area contributed by atoms with E-state index >= 15 is 0 Å². The Morgan fingerprint density at radius 2 is 2.04 bits per heavy atom. The zero-order chi connectivity index (χ0) is 18.7. The van der Waals surface area contributed by atoms with Crippen molar-refractivity contribution < 1.29 is 18.8 Å². The second-order valence-corrected chi connectivity index (χ2v) is 7.40. The van der Waals surface area contributed by atoms with Gasteiger partial charge in [0.15, 0.2) is 5.82 Å². The number of amides is 1. The smallest absolute Gasteiger partial charge is 0.254 e. The Balaban J connectivity index is 1.81. The number of hydrogen-bond donors (Lipinski definition) is 0. The van der Waals surface area contributed by atoms with E-state index in [4.69, 9.17) is 14.0 Å². The van der Waals surface area contributed by atoms with E-state index in [1.165, 1.54) is 5.56 Å². The number of carbonyl (C=O) groups is 1. The summed E-state index contributed by atoms with van der Waals surface area (Å²) in [5, 5.41) is 3.99. The molecule has 140 valence electrons. The average Bonchev–Trinajstić information content (AvgIpc) is 3.09. The summed E-state index contributed by atoms with van der Waals surface area (Å²) in [5.74, 6) is 0.767. The number of aromatic nitrogens is 2. The van der Waals surface area contributed by atoms with Gasteiger partial charge in [-0.15, -0.1) is 0 Å². The lowest BCUT2D eigenvalue weighted by Crippen LogP contribution is -2.43. The molecule has 3 rings (SSSR count). The summed E-state index contributed by atoms with van der Waals surface area (Å²) in [7, 11) is 1.56. The van der Waals surface area contributed by atoms with Gasteiger partial charge in [0.2, 0.25) is 0 Å². The van der Waals surface area contributed by atoms with Crippen LogP contribution >= 0.6 is 0 Å². The van der Waals surface area contributed by atoms with Crippen LogP contribution in [-0.4, -0.2) is 47.8 Å². The Morgan fingerprint density at radius 3 is 2.69 bits per heavy atom. The van der Waals surface area contributed by atoms with E-state index in [0.29, 0.717) is 37.0 Å². The van der Waals surface area contributed by atoms with Gasteiger partial charge in [0.1, 0.15) is 12.6 Å². The number of rotatable bonds is 4. The van der Waals surface area contributed by atoms with Gasteiger partial charge in [-0.3, -0.25) is 4.79 Å². The fourth-order valence-corrected chi connectivity index (χ4v) is 2.92. The van der Waals surface area contributed by atoms with E-state index in [9.17, 15) is 4.79 Å². The van der Waals surface area contributed by atoms with Crippen LogP contribution in [0.4, 0.5) is 0 Å². The molecule has 0 radical (unpaired) electrons. The maximum absolute atomic E-state index is 13.0. The lowest BCUT2D eigenvalue weighted by Gasteiger charge is -2.33. The molecule has 1 unspecified atom stereocenters. The van der Waals surface area contributed by atoms with E-state index in [1.54, 1.807) is 12.0 Å². The lowest BCUT2D eigenvalue weighted by atomic mass is 9.86. The zero-order valence-electron chi connectivity index (χ0n) is 15.7. The molecule has 1 aliphatic rings. The Hall–Kier alpha value is -2.25. The molecule has 0 aliphatic carbocycles. The van der Waals surface area contributed by atoms with Crippen LogP contribution in [0.3, 0.4) is 0 Å². The third-order valence-corrected chi connectivity index (χ3v) is 4.44. The predicted molar refractivity (Wildman–Crippen MR) is 94.7 cm³/mol. The number of nitrogens with zero attached hydrogens (tertiary/aromatic N) is 3. The highest BCUT2D eigenvalue weighted by Gasteiger charge is 2.33.